The summed E-state index contributed by atoms with van der Waals surface area (Å²) in [5.41, 5.74) is 0.104. The first-order valence-electron chi connectivity index (χ1n) is 5.34. The molecule has 3 nitrogen and oxygen atoms in total. The predicted octanol–water partition coefficient (Wildman–Crippen LogP) is 2.24. The summed E-state index contributed by atoms with van der Waals surface area (Å²) in [5, 5.41) is 9.56. The number of rotatable bonds is 5. The first-order chi connectivity index (χ1) is 6.92. The maximum atomic E-state index is 11.4. The van der Waals surface area contributed by atoms with Gasteiger partial charge in [-0.05, 0) is 26.3 Å². The third-order valence-corrected chi connectivity index (χ3v) is 2.38. The lowest BCUT2D eigenvalue weighted by Crippen LogP contribution is -2.20. The summed E-state index contributed by atoms with van der Waals surface area (Å²) in [5.74, 6) is 0.164. The van der Waals surface area contributed by atoms with Crippen LogP contribution in [0.3, 0.4) is 0 Å². The normalized spacial score (nSPS) is 11.7. The Balaban J connectivity index is 2.57. The molecule has 0 spiro atoms. The lowest BCUT2D eigenvalue weighted by atomic mass is 10.1. The van der Waals surface area contributed by atoms with Crippen molar-refractivity contribution in [2.24, 2.45) is 0 Å². The van der Waals surface area contributed by atoms with E-state index in [4.69, 9.17) is 0 Å². The summed E-state index contributed by atoms with van der Waals surface area (Å²) in [4.78, 5) is 11.4. The van der Waals surface area contributed by atoms with Crippen molar-refractivity contribution < 1.29 is 9.90 Å². The van der Waals surface area contributed by atoms with E-state index in [2.05, 4.69) is 0 Å². The summed E-state index contributed by atoms with van der Waals surface area (Å²) < 4.78 is 1.95. The second-order valence-corrected chi connectivity index (χ2v) is 4.48. The maximum Gasteiger partial charge on any atom is 0.164 e. The van der Waals surface area contributed by atoms with Crippen molar-refractivity contribution in [2.45, 2.75) is 45.8 Å². The molecule has 0 saturated heterocycles. The van der Waals surface area contributed by atoms with Crippen LogP contribution in [0, 0.1) is 0 Å². The Bertz CT molecular complexity index is 334. The molecule has 0 radical (unpaired) electrons. The second-order valence-electron chi connectivity index (χ2n) is 4.48. The fraction of sp³-hybridized carbons (Fsp3) is 0.583. The summed E-state index contributed by atoms with van der Waals surface area (Å²) in [7, 11) is 0. The Morgan fingerprint density at radius 2 is 2.20 bits per heavy atom. The fourth-order valence-electron chi connectivity index (χ4n) is 1.35. The molecule has 0 unspecified atom stereocenters. The highest BCUT2D eigenvalue weighted by Crippen LogP contribution is 2.11. The fourth-order valence-corrected chi connectivity index (χ4v) is 1.35. The monoisotopic (exact) mass is 209 g/mol. The number of hydrogen-bond acceptors (Lipinski definition) is 2. The molecule has 0 saturated carbocycles. The number of hydrogen-bond donors (Lipinski definition) is 1. The number of aryl methyl sites for hydroxylation is 1. The van der Waals surface area contributed by atoms with Gasteiger partial charge in [0.1, 0.15) is 0 Å². The van der Waals surface area contributed by atoms with Crippen LogP contribution in [0.4, 0.5) is 0 Å². The molecular weight excluding hydrogens is 190 g/mol. The smallest absolute Gasteiger partial charge is 0.164 e. The van der Waals surface area contributed by atoms with Crippen LogP contribution in [0.1, 0.15) is 44.0 Å². The Morgan fingerprint density at radius 1 is 1.53 bits per heavy atom. The van der Waals surface area contributed by atoms with E-state index in [1.165, 1.54) is 0 Å². The van der Waals surface area contributed by atoms with Crippen molar-refractivity contribution in [1.82, 2.24) is 4.57 Å². The van der Waals surface area contributed by atoms with E-state index >= 15 is 0 Å². The first-order valence-corrected chi connectivity index (χ1v) is 5.34. The topological polar surface area (TPSA) is 42.2 Å². The molecule has 0 amide bonds. The van der Waals surface area contributed by atoms with Crippen molar-refractivity contribution in [3.8, 4) is 0 Å². The number of aliphatic hydroxyl groups is 1. The average molecular weight is 209 g/mol. The van der Waals surface area contributed by atoms with Gasteiger partial charge in [-0.15, -0.1) is 0 Å². The van der Waals surface area contributed by atoms with Gasteiger partial charge in [0.15, 0.2) is 5.78 Å². The molecular formula is C12H19NO2. The predicted molar refractivity (Wildman–Crippen MR) is 60.0 cm³/mol. The molecule has 1 heterocycles. The Hall–Kier alpha value is -1.09. The average Bonchev–Trinajstić information content (AvgIpc) is 2.61. The third kappa shape index (κ3) is 3.88. The van der Waals surface area contributed by atoms with E-state index in [1.54, 1.807) is 13.8 Å². The van der Waals surface area contributed by atoms with Crippen LogP contribution in [-0.2, 0) is 6.54 Å². The molecule has 1 aromatic heterocycles. The van der Waals surface area contributed by atoms with Gasteiger partial charge in [-0.2, -0.15) is 0 Å². The molecule has 0 aromatic carbocycles. The van der Waals surface area contributed by atoms with E-state index in [0.717, 1.165) is 12.1 Å². The minimum Gasteiger partial charge on any atom is -0.390 e. The van der Waals surface area contributed by atoms with E-state index in [9.17, 15) is 9.90 Å². The van der Waals surface area contributed by atoms with Crippen LogP contribution in [0.15, 0.2) is 18.5 Å². The highest BCUT2D eigenvalue weighted by molar-refractivity contribution is 5.95. The number of carbonyl (C=O) groups is 1. The van der Waals surface area contributed by atoms with Crippen molar-refractivity contribution in [3.63, 3.8) is 0 Å². The highest BCUT2D eigenvalue weighted by Gasteiger charge is 2.12. The first kappa shape index (κ1) is 12.0. The Morgan fingerprint density at radius 3 is 2.73 bits per heavy atom. The van der Waals surface area contributed by atoms with Gasteiger partial charge in [0.05, 0.1) is 5.60 Å². The van der Waals surface area contributed by atoms with Gasteiger partial charge in [0, 0.05) is 30.9 Å². The lowest BCUT2D eigenvalue weighted by molar-refractivity contribution is 0.0662. The molecule has 15 heavy (non-hydrogen) atoms. The molecule has 0 aliphatic carbocycles. The van der Waals surface area contributed by atoms with E-state index in [1.807, 2.05) is 30.0 Å². The van der Waals surface area contributed by atoms with Crippen LogP contribution < -0.4 is 0 Å². The summed E-state index contributed by atoms with van der Waals surface area (Å²) in [6.45, 7) is 6.17. The summed E-state index contributed by atoms with van der Waals surface area (Å²) in [6.07, 6.45) is 4.95. The van der Waals surface area contributed by atoms with Gasteiger partial charge in [0.2, 0.25) is 0 Å². The molecule has 1 aromatic rings. The number of ketones is 1. The highest BCUT2D eigenvalue weighted by atomic mass is 16.3. The molecule has 0 atom stereocenters. The standard InChI is InChI=1S/C12H19NO2/c1-4-11(14)10-5-7-13(9-10)8-6-12(2,3)15/h5,7,9,15H,4,6,8H2,1-3H3. The van der Waals surface area contributed by atoms with Crippen LogP contribution >= 0.6 is 0 Å². The van der Waals surface area contributed by atoms with Crippen molar-refractivity contribution in [1.29, 1.82) is 0 Å². The van der Waals surface area contributed by atoms with Crippen molar-refractivity contribution >= 4 is 5.78 Å². The Labute approximate surface area is 90.7 Å². The molecule has 3 heteroatoms. The number of carbonyl (C=O) groups excluding carboxylic acids is 1. The number of nitrogens with zero attached hydrogens (tertiary/aromatic N) is 1. The van der Waals surface area contributed by atoms with Gasteiger partial charge in [0.25, 0.3) is 0 Å². The minimum atomic E-state index is -0.654. The van der Waals surface area contributed by atoms with Gasteiger partial charge < -0.3 is 9.67 Å². The summed E-state index contributed by atoms with van der Waals surface area (Å²) in [6, 6.07) is 1.83. The van der Waals surface area contributed by atoms with Gasteiger partial charge in [-0.3, -0.25) is 4.79 Å². The summed E-state index contributed by atoms with van der Waals surface area (Å²) >= 11 is 0. The van der Waals surface area contributed by atoms with E-state index in [-0.39, 0.29) is 5.78 Å². The van der Waals surface area contributed by atoms with Gasteiger partial charge in [-0.25, -0.2) is 0 Å². The SMILES string of the molecule is CCC(=O)c1ccn(CCC(C)(C)O)c1. The minimum absolute atomic E-state index is 0.164. The lowest BCUT2D eigenvalue weighted by Gasteiger charge is -2.16. The molecule has 1 N–H and O–H groups in total. The number of Topliss-reactive ketones (excluding diaryl/α,β-unsaturated/α-hetero) is 1. The number of aromatic nitrogens is 1. The van der Waals surface area contributed by atoms with Crippen LogP contribution in [0.2, 0.25) is 0 Å². The van der Waals surface area contributed by atoms with E-state index in [0.29, 0.717) is 12.8 Å². The zero-order chi connectivity index (χ0) is 11.5. The third-order valence-electron chi connectivity index (χ3n) is 2.38. The molecule has 0 aliphatic heterocycles. The zero-order valence-corrected chi connectivity index (χ0v) is 9.66. The molecule has 1 rings (SSSR count). The van der Waals surface area contributed by atoms with Crippen LogP contribution in [-0.4, -0.2) is 21.1 Å². The van der Waals surface area contributed by atoms with Gasteiger partial charge in [-0.1, -0.05) is 6.92 Å². The maximum absolute atomic E-state index is 11.4. The molecule has 84 valence electrons. The van der Waals surface area contributed by atoms with Gasteiger partial charge >= 0.3 is 0 Å². The van der Waals surface area contributed by atoms with Crippen molar-refractivity contribution in [2.75, 3.05) is 0 Å². The zero-order valence-electron chi connectivity index (χ0n) is 9.66. The van der Waals surface area contributed by atoms with Crippen LogP contribution in [0.25, 0.3) is 0 Å². The van der Waals surface area contributed by atoms with Crippen LogP contribution in [0.5, 0.6) is 0 Å². The quantitative estimate of drug-likeness (QED) is 0.756. The van der Waals surface area contributed by atoms with Crippen molar-refractivity contribution in [3.05, 3.63) is 24.0 Å². The largest absolute Gasteiger partial charge is 0.390 e. The second kappa shape index (κ2) is 4.62. The molecule has 0 aliphatic rings. The Kier molecular flexibility index (Phi) is 3.69. The molecule has 0 bridgehead atoms. The molecule has 0 fully saturated rings. The van der Waals surface area contributed by atoms with E-state index < -0.39 is 5.60 Å².